The van der Waals surface area contributed by atoms with Crippen LogP contribution in [-0.2, 0) is 14.9 Å². The molecular formula is C23H26N2O4S. The molecule has 1 saturated carbocycles. The van der Waals surface area contributed by atoms with Crippen LogP contribution in [-0.4, -0.2) is 32.3 Å². The van der Waals surface area contributed by atoms with Crippen LogP contribution in [0.25, 0.3) is 0 Å². The van der Waals surface area contributed by atoms with Gasteiger partial charge in [-0.3, -0.25) is 4.79 Å². The average molecular weight is 427 g/mol. The van der Waals surface area contributed by atoms with Gasteiger partial charge in [0.05, 0.1) is 36.3 Å². The molecule has 6 nitrogen and oxygen atoms in total. The third-order valence-electron chi connectivity index (χ3n) is 6.31. The highest BCUT2D eigenvalue weighted by Crippen LogP contribution is 2.54. The molecule has 0 unspecified atom stereocenters. The smallest absolute Gasteiger partial charge is 0.235 e. The number of anilines is 2. The Morgan fingerprint density at radius 2 is 1.97 bits per heavy atom. The summed E-state index contributed by atoms with van der Waals surface area (Å²) in [5.74, 6) is 1.68. The normalized spacial score (nSPS) is 19.7. The SMILES string of the molecule is COc1ccccc1SNc1cc(OC2CCOCC2)c2c(c1)C1(CCC1)C(=O)N2. The van der Waals surface area contributed by atoms with Crippen molar-refractivity contribution in [1.82, 2.24) is 0 Å². The number of amides is 1. The predicted molar refractivity (Wildman–Crippen MR) is 118 cm³/mol. The van der Waals surface area contributed by atoms with E-state index in [1.165, 1.54) is 11.9 Å². The zero-order valence-electron chi connectivity index (χ0n) is 17.0. The van der Waals surface area contributed by atoms with Crippen molar-refractivity contribution in [2.24, 2.45) is 0 Å². The maximum absolute atomic E-state index is 12.8. The third-order valence-corrected chi connectivity index (χ3v) is 7.20. The van der Waals surface area contributed by atoms with Gasteiger partial charge in [0.2, 0.25) is 5.91 Å². The molecule has 0 bridgehead atoms. The predicted octanol–water partition coefficient (Wildman–Crippen LogP) is 4.75. The topological polar surface area (TPSA) is 68.8 Å². The summed E-state index contributed by atoms with van der Waals surface area (Å²) in [6, 6.07) is 12.0. The van der Waals surface area contributed by atoms with Crippen molar-refractivity contribution in [1.29, 1.82) is 0 Å². The molecule has 1 amide bonds. The Morgan fingerprint density at radius 1 is 1.17 bits per heavy atom. The van der Waals surface area contributed by atoms with Crippen LogP contribution < -0.4 is 19.5 Å². The minimum absolute atomic E-state index is 0.106. The lowest BCUT2D eigenvalue weighted by Crippen LogP contribution is -2.40. The number of hydrogen-bond donors (Lipinski definition) is 2. The van der Waals surface area contributed by atoms with E-state index in [-0.39, 0.29) is 12.0 Å². The lowest BCUT2D eigenvalue weighted by atomic mass is 9.65. The molecule has 1 saturated heterocycles. The number of rotatable bonds is 6. The van der Waals surface area contributed by atoms with Crippen molar-refractivity contribution in [2.75, 3.05) is 30.4 Å². The fourth-order valence-corrected chi connectivity index (χ4v) is 5.19. The molecule has 158 valence electrons. The zero-order chi connectivity index (χ0) is 20.6. The average Bonchev–Trinajstić information content (AvgIpc) is 3.05. The Balaban J connectivity index is 1.45. The van der Waals surface area contributed by atoms with Crippen molar-refractivity contribution in [3.05, 3.63) is 42.0 Å². The molecule has 2 aliphatic heterocycles. The molecular weight excluding hydrogens is 400 g/mol. The van der Waals surface area contributed by atoms with Gasteiger partial charge in [-0.05, 0) is 48.6 Å². The summed E-state index contributed by atoms with van der Waals surface area (Å²) in [5, 5.41) is 3.12. The second-order valence-corrected chi connectivity index (χ2v) is 8.92. The molecule has 7 heteroatoms. The molecule has 2 N–H and O–H groups in total. The highest BCUT2D eigenvalue weighted by atomic mass is 32.2. The summed E-state index contributed by atoms with van der Waals surface area (Å²) in [7, 11) is 1.67. The minimum Gasteiger partial charge on any atom is -0.496 e. The monoisotopic (exact) mass is 426 g/mol. The Morgan fingerprint density at radius 3 is 2.70 bits per heavy atom. The largest absolute Gasteiger partial charge is 0.496 e. The Hall–Kier alpha value is -2.38. The first-order valence-corrected chi connectivity index (χ1v) is 11.3. The first-order valence-electron chi connectivity index (χ1n) is 10.5. The summed E-state index contributed by atoms with van der Waals surface area (Å²) >= 11 is 1.50. The molecule has 3 aliphatic rings. The highest BCUT2D eigenvalue weighted by Gasteiger charge is 2.52. The third kappa shape index (κ3) is 3.40. The van der Waals surface area contributed by atoms with Crippen LogP contribution in [0, 0.1) is 0 Å². The maximum atomic E-state index is 12.8. The first-order chi connectivity index (χ1) is 14.7. The van der Waals surface area contributed by atoms with Gasteiger partial charge in [-0.25, -0.2) is 0 Å². The highest BCUT2D eigenvalue weighted by molar-refractivity contribution is 8.00. The van der Waals surface area contributed by atoms with Crippen LogP contribution in [0.4, 0.5) is 11.4 Å². The summed E-state index contributed by atoms with van der Waals surface area (Å²) < 4.78 is 20.7. The van der Waals surface area contributed by atoms with Gasteiger partial charge in [0.1, 0.15) is 17.6 Å². The van der Waals surface area contributed by atoms with Crippen LogP contribution in [0.15, 0.2) is 41.3 Å². The van der Waals surface area contributed by atoms with Gasteiger partial charge in [-0.2, -0.15) is 0 Å². The lowest BCUT2D eigenvalue weighted by molar-refractivity contribution is -0.123. The number of fused-ring (bicyclic) bond motifs is 2. The van der Waals surface area contributed by atoms with Gasteiger partial charge in [-0.15, -0.1) is 0 Å². The summed E-state index contributed by atoms with van der Waals surface area (Å²) in [6.07, 6.45) is 4.70. The molecule has 1 aliphatic carbocycles. The summed E-state index contributed by atoms with van der Waals surface area (Å²) in [4.78, 5) is 13.8. The Labute approximate surface area is 180 Å². The van der Waals surface area contributed by atoms with Crippen molar-refractivity contribution < 1.29 is 19.0 Å². The Bertz CT molecular complexity index is 954. The van der Waals surface area contributed by atoms with E-state index in [2.05, 4.69) is 16.1 Å². The van der Waals surface area contributed by atoms with E-state index >= 15 is 0 Å². The van der Waals surface area contributed by atoms with Crippen LogP contribution >= 0.6 is 11.9 Å². The number of hydrogen-bond acceptors (Lipinski definition) is 6. The molecule has 0 atom stereocenters. The number of methoxy groups -OCH3 is 1. The Kier molecular flexibility index (Phi) is 5.25. The number of para-hydroxylation sites is 1. The quantitative estimate of drug-likeness (QED) is 0.650. The standard InChI is InChI=1S/C23H26N2O4S/c1-27-18-5-2-3-6-20(18)30-25-15-13-17-21(24-22(26)23(17)9-4-10-23)19(14-15)29-16-7-11-28-12-8-16/h2-3,5-6,13-14,16,25H,4,7-12H2,1H3,(H,24,26). The van der Waals surface area contributed by atoms with E-state index in [9.17, 15) is 4.79 Å². The molecule has 2 aromatic carbocycles. The van der Waals surface area contributed by atoms with E-state index in [0.717, 1.165) is 65.4 Å². The minimum atomic E-state index is -0.393. The number of benzene rings is 2. The van der Waals surface area contributed by atoms with Gasteiger partial charge < -0.3 is 24.2 Å². The fourth-order valence-electron chi connectivity index (χ4n) is 4.45. The zero-order valence-corrected chi connectivity index (χ0v) is 17.8. The van der Waals surface area contributed by atoms with Gasteiger partial charge in [0, 0.05) is 24.6 Å². The van der Waals surface area contributed by atoms with E-state index in [0.29, 0.717) is 13.2 Å². The first kappa shape index (κ1) is 19.6. The van der Waals surface area contributed by atoms with Gasteiger partial charge in [-0.1, -0.05) is 18.6 Å². The molecule has 2 fully saturated rings. The molecule has 2 aromatic rings. The summed E-state index contributed by atoms with van der Waals surface area (Å²) in [6.45, 7) is 1.43. The molecule has 5 rings (SSSR count). The summed E-state index contributed by atoms with van der Waals surface area (Å²) in [5.41, 5.74) is 2.44. The molecule has 1 spiro atoms. The van der Waals surface area contributed by atoms with E-state index in [4.69, 9.17) is 14.2 Å². The lowest BCUT2D eigenvalue weighted by Gasteiger charge is -2.36. The number of carbonyl (C=O) groups is 1. The van der Waals surface area contributed by atoms with E-state index in [1.54, 1.807) is 7.11 Å². The number of ether oxygens (including phenoxy) is 3. The van der Waals surface area contributed by atoms with Crippen molar-refractivity contribution in [2.45, 2.75) is 48.5 Å². The molecule has 30 heavy (non-hydrogen) atoms. The second kappa shape index (κ2) is 8.04. The molecule has 0 aromatic heterocycles. The van der Waals surface area contributed by atoms with Gasteiger partial charge in [0.25, 0.3) is 0 Å². The van der Waals surface area contributed by atoms with Gasteiger partial charge >= 0.3 is 0 Å². The fraction of sp³-hybridized carbons (Fsp3) is 0.435. The van der Waals surface area contributed by atoms with Crippen LogP contribution in [0.2, 0.25) is 0 Å². The number of nitrogens with one attached hydrogen (secondary N) is 2. The van der Waals surface area contributed by atoms with E-state index in [1.807, 2.05) is 30.3 Å². The van der Waals surface area contributed by atoms with Crippen molar-refractivity contribution in [3.63, 3.8) is 0 Å². The van der Waals surface area contributed by atoms with Crippen molar-refractivity contribution in [3.8, 4) is 11.5 Å². The molecule has 0 radical (unpaired) electrons. The van der Waals surface area contributed by atoms with E-state index < -0.39 is 5.41 Å². The van der Waals surface area contributed by atoms with Gasteiger partial charge in [0.15, 0.2) is 0 Å². The second-order valence-electron chi connectivity index (χ2n) is 8.07. The van der Waals surface area contributed by atoms with Crippen LogP contribution in [0.5, 0.6) is 11.5 Å². The van der Waals surface area contributed by atoms with Crippen molar-refractivity contribution >= 4 is 29.2 Å². The molecule has 2 heterocycles. The van der Waals surface area contributed by atoms with Crippen LogP contribution in [0.3, 0.4) is 0 Å². The maximum Gasteiger partial charge on any atom is 0.235 e. The number of carbonyl (C=O) groups excluding carboxylic acids is 1. The van der Waals surface area contributed by atoms with Crippen LogP contribution in [0.1, 0.15) is 37.7 Å².